The largest absolute Gasteiger partial charge is 0.0648 e. The molecule has 0 aromatic carbocycles. The summed E-state index contributed by atoms with van der Waals surface area (Å²) in [4.78, 5) is 0. The first kappa shape index (κ1) is 5.76. The number of hydrogen-bond donors (Lipinski definition) is 0. The van der Waals surface area contributed by atoms with E-state index < -0.39 is 0 Å². The van der Waals surface area contributed by atoms with Gasteiger partial charge < -0.3 is 0 Å². The third kappa shape index (κ3) is 0.320. The van der Waals surface area contributed by atoms with Crippen molar-refractivity contribution in [3.63, 3.8) is 0 Å². The van der Waals surface area contributed by atoms with Gasteiger partial charge in [-0.2, -0.15) is 0 Å². The van der Waals surface area contributed by atoms with Crippen molar-refractivity contribution in [2.75, 3.05) is 0 Å². The highest BCUT2D eigenvalue weighted by Crippen LogP contribution is 2.92. The fourth-order valence-corrected chi connectivity index (χ4v) is 3.67. The Kier molecular flexibility index (Phi) is 0.695. The summed E-state index contributed by atoms with van der Waals surface area (Å²) in [6, 6.07) is 0. The molecule has 0 nitrogen and oxygen atoms in total. The Morgan fingerprint density at radius 1 is 1.33 bits per heavy atom. The molecule has 52 valence electrons. The van der Waals surface area contributed by atoms with Crippen LogP contribution in [0.2, 0.25) is 0 Å². The second-order valence-corrected chi connectivity index (χ2v) is 4.38. The normalized spacial score (nSPS) is 58.7. The molecule has 0 aliphatic heterocycles. The van der Waals surface area contributed by atoms with Gasteiger partial charge >= 0.3 is 0 Å². The van der Waals surface area contributed by atoms with Crippen molar-refractivity contribution in [2.24, 2.45) is 22.7 Å². The summed E-state index contributed by atoms with van der Waals surface area (Å²) in [6.45, 7) is 9.58. The summed E-state index contributed by atoms with van der Waals surface area (Å²) in [5.41, 5.74) is 1.54. The van der Waals surface area contributed by atoms with Crippen LogP contribution in [-0.4, -0.2) is 0 Å². The van der Waals surface area contributed by atoms with E-state index in [1.807, 2.05) is 0 Å². The summed E-state index contributed by atoms with van der Waals surface area (Å²) in [5.74, 6) is 2.15. The molecule has 0 spiro atoms. The summed E-state index contributed by atoms with van der Waals surface area (Å²) in [5, 5.41) is 0. The van der Waals surface area contributed by atoms with E-state index >= 15 is 0 Å². The van der Waals surface area contributed by atoms with E-state index in [1.165, 1.54) is 6.42 Å². The second-order valence-electron chi connectivity index (χ2n) is 4.38. The monoisotopic (exact) mass is 124 g/mol. The van der Waals surface area contributed by atoms with E-state index in [4.69, 9.17) is 0 Å². The smallest absolute Gasteiger partial charge is 0.0181 e. The van der Waals surface area contributed by atoms with Gasteiger partial charge in [-0.1, -0.05) is 27.7 Å². The van der Waals surface area contributed by atoms with Gasteiger partial charge in [0.15, 0.2) is 0 Å². The predicted octanol–water partition coefficient (Wildman–Crippen LogP) is 2.69. The fraction of sp³-hybridized carbons (Fsp3) is 1.00. The van der Waals surface area contributed by atoms with Gasteiger partial charge in [-0.25, -0.2) is 0 Å². The van der Waals surface area contributed by atoms with E-state index in [-0.39, 0.29) is 0 Å². The summed E-state index contributed by atoms with van der Waals surface area (Å²) in [6.07, 6.45) is 1.41. The van der Waals surface area contributed by atoms with Gasteiger partial charge in [0.1, 0.15) is 0 Å². The highest BCUT2D eigenvalue weighted by Gasteiger charge is 2.87. The molecule has 2 aliphatic carbocycles. The molecule has 0 unspecified atom stereocenters. The van der Waals surface area contributed by atoms with E-state index in [0.29, 0.717) is 0 Å². The molecule has 0 heterocycles. The van der Waals surface area contributed by atoms with E-state index in [0.717, 1.165) is 22.7 Å². The SMILES string of the molecule is CC[C@]12[C@H](C)[C@@H]1C2(C)C. The maximum atomic E-state index is 2.42. The van der Waals surface area contributed by atoms with Gasteiger partial charge in [-0.05, 0) is 29.1 Å². The Morgan fingerprint density at radius 2 is 1.89 bits per heavy atom. The maximum absolute atomic E-state index is 2.42. The van der Waals surface area contributed by atoms with Gasteiger partial charge in [-0.3, -0.25) is 0 Å². The Bertz CT molecular complexity index is 157. The summed E-state index contributed by atoms with van der Waals surface area (Å²) < 4.78 is 0. The predicted molar refractivity (Wildman–Crippen MR) is 39.2 cm³/mol. The summed E-state index contributed by atoms with van der Waals surface area (Å²) >= 11 is 0. The number of fused-ring (bicyclic) bond motifs is 1. The Hall–Kier alpha value is 0. The van der Waals surface area contributed by atoms with Crippen molar-refractivity contribution in [3.05, 3.63) is 0 Å². The molecule has 2 saturated carbocycles. The zero-order valence-electron chi connectivity index (χ0n) is 6.86. The lowest BCUT2D eigenvalue weighted by Crippen LogP contribution is -2.13. The molecule has 2 rings (SSSR count). The molecule has 0 aromatic rings. The van der Waals surface area contributed by atoms with E-state index in [1.54, 1.807) is 0 Å². The van der Waals surface area contributed by atoms with Crippen LogP contribution < -0.4 is 0 Å². The molecule has 2 fully saturated rings. The lowest BCUT2D eigenvalue weighted by Gasteiger charge is -2.20. The van der Waals surface area contributed by atoms with Crippen molar-refractivity contribution in [1.29, 1.82) is 0 Å². The van der Waals surface area contributed by atoms with Gasteiger partial charge in [0, 0.05) is 0 Å². The van der Waals surface area contributed by atoms with E-state index in [2.05, 4.69) is 27.7 Å². The number of rotatable bonds is 1. The second kappa shape index (κ2) is 1.09. The molecule has 0 bridgehead atoms. The van der Waals surface area contributed by atoms with Crippen LogP contribution in [0.4, 0.5) is 0 Å². The molecule has 9 heavy (non-hydrogen) atoms. The lowest BCUT2D eigenvalue weighted by molar-refractivity contribution is 0.284. The fourth-order valence-electron chi connectivity index (χ4n) is 3.67. The molecule has 0 radical (unpaired) electrons. The van der Waals surface area contributed by atoms with Gasteiger partial charge in [-0.15, -0.1) is 0 Å². The Balaban J connectivity index is 2.18. The average Bonchev–Trinajstić information content (AvgIpc) is 2.53. The molecule has 3 atom stereocenters. The van der Waals surface area contributed by atoms with Crippen molar-refractivity contribution in [3.8, 4) is 0 Å². The zero-order chi connectivity index (χ0) is 6.86. The van der Waals surface area contributed by atoms with Crippen LogP contribution in [-0.2, 0) is 0 Å². The standard InChI is InChI=1S/C9H16/c1-5-9-6(2)7(9)8(9,3)4/h6-7H,5H2,1-4H3/t6-,7-,9+/m1/s1. The van der Waals surface area contributed by atoms with Crippen molar-refractivity contribution < 1.29 is 0 Å². The van der Waals surface area contributed by atoms with Crippen molar-refractivity contribution >= 4 is 0 Å². The topological polar surface area (TPSA) is 0 Å². The van der Waals surface area contributed by atoms with Crippen LogP contribution in [0.5, 0.6) is 0 Å². The van der Waals surface area contributed by atoms with Crippen LogP contribution >= 0.6 is 0 Å². The average molecular weight is 124 g/mol. The van der Waals surface area contributed by atoms with Crippen molar-refractivity contribution in [2.45, 2.75) is 34.1 Å². The molecule has 0 aromatic heterocycles. The van der Waals surface area contributed by atoms with Crippen LogP contribution in [0, 0.1) is 22.7 Å². The first-order valence-electron chi connectivity index (χ1n) is 4.09. The molecule has 0 heteroatoms. The highest BCUT2D eigenvalue weighted by molar-refractivity contribution is 5.34. The molecular weight excluding hydrogens is 108 g/mol. The van der Waals surface area contributed by atoms with Crippen LogP contribution in [0.15, 0.2) is 0 Å². The van der Waals surface area contributed by atoms with Crippen molar-refractivity contribution in [1.82, 2.24) is 0 Å². The maximum Gasteiger partial charge on any atom is -0.0181 e. The first-order chi connectivity index (χ1) is 4.09. The first-order valence-corrected chi connectivity index (χ1v) is 4.09. The lowest BCUT2D eigenvalue weighted by atomic mass is 9.84. The van der Waals surface area contributed by atoms with Gasteiger partial charge in [0.25, 0.3) is 0 Å². The van der Waals surface area contributed by atoms with Crippen LogP contribution in [0.3, 0.4) is 0 Å². The Morgan fingerprint density at radius 3 is 1.89 bits per heavy atom. The van der Waals surface area contributed by atoms with E-state index in [9.17, 15) is 0 Å². The minimum atomic E-state index is 0.723. The number of hydrogen-bond acceptors (Lipinski definition) is 0. The minimum Gasteiger partial charge on any atom is -0.0648 e. The molecule has 0 N–H and O–H groups in total. The summed E-state index contributed by atoms with van der Waals surface area (Å²) in [7, 11) is 0. The van der Waals surface area contributed by atoms with Crippen LogP contribution in [0.25, 0.3) is 0 Å². The molecule has 0 amide bonds. The molecule has 0 saturated heterocycles. The van der Waals surface area contributed by atoms with Gasteiger partial charge in [0.05, 0.1) is 0 Å². The third-order valence-electron chi connectivity index (χ3n) is 4.24. The highest BCUT2D eigenvalue weighted by atomic mass is 14.9. The van der Waals surface area contributed by atoms with Crippen LogP contribution in [0.1, 0.15) is 34.1 Å². The quantitative estimate of drug-likeness (QED) is 0.504. The third-order valence-corrected chi connectivity index (χ3v) is 4.24. The Labute approximate surface area is 57.6 Å². The van der Waals surface area contributed by atoms with Gasteiger partial charge in [0.2, 0.25) is 0 Å². The zero-order valence-corrected chi connectivity index (χ0v) is 6.86. The molecule has 2 aliphatic rings. The minimum absolute atomic E-state index is 0.723. The molecular formula is C9H16.